The van der Waals surface area contributed by atoms with Gasteiger partial charge in [-0.2, -0.15) is 0 Å². The number of pyridine rings is 1. The molecule has 0 bridgehead atoms. The summed E-state index contributed by atoms with van der Waals surface area (Å²) in [6.07, 6.45) is 3.83. The van der Waals surface area contributed by atoms with Crippen molar-refractivity contribution in [1.82, 2.24) is 9.88 Å². The Kier molecular flexibility index (Phi) is 4.74. The van der Waals surface area contributed by atoms with Gasteiger partial charge < -0.3 is 10.5 Å². The zero-order valence-corrected chi connectivity index (χ0v) is 11.3. The first-order valence-electron chi connectivity index (χ1n) is 6.70. The predicted octanol–water partition coefficient (Wildman–Crippen LogP) is 0.966. The summed E-state index contributed by atoms with van der Waals surface area (Å²) in [5.74, 6) is 1.01. The molecule has 19 heavy (non-hydrogen) atoms. The minimum Gasteiger partial charge on any atom is -0.477 e. The molecule has 2 heterocycles. The van der Waals surface area contributed by atoms with E-state index >= 15 is 0 Å². The number of likely N-dealkylation sites (tertiary alicyclic amines) is 1. The van der Waals surface area contributed by atoms with Crippen LogP contribution >= 0.6 is 0 Å². The van der Waals surface area contributed by atoms with Crippen LogP contribution in [0.25, 0.3) is 0 Å². The van der Waals surface area contributed by atoms with E-state index in [1.807, 2.05) is 19.1 Å². The van der Waals surface area contributed by atoms with Gasteiger partial charge in [-0.25, -0.2) is 4.98 Å². The average molecular weight is 263 g/mol. The molecule has 0 atom stereocenters. The predicted molar refractivity (Wildman–Crippen MR) is 72.8 cm³/mol. The van der Waals surface area contributed by atoms with Crippen LogP contribution in [0.3, 0.4) is 0 Å². The van der Waals surface area contributed by atoms with Crippen LogP contribution in [0.4, 0.5) is 0 Å². The number of hydrogen-bond acceptors (Lipinski definition) is 4. The quantitative estimate of drug-likeness (QED) is 0.859. The molecule has 5 nitrogen and oxygen atoms in total. The lowest BCUT2D eigenvalue weighted by Crippen LogP contribution is -2.40. The van der Waals surface area contributed by atoms with Crippen molar-refractivity contribution in [3.8, 4) is 5.88 Å². The Balaban J connectivity index is 1.74. The van der Waals surface area contributed by atoms with Crippen molar-refractivity contribution in [3.05, 3.63) is 23.9 Å². The maximum Gasteiger partial charge on any atom is 0.231 e. The van der Waals surface area contributed by atoms with Gasteiger partial charge in [0.2, 0.25) is 11.8 Å². The van der Waals surface area contributed by atoms with Crippen LogP contribution < -0.4 is 10.5 Å². The van der Waals surface area contributed by atoms with E-state index in [1.165, 1.54) is 0 Å². The molecular weight excluding hydrogens is 242 g/mol. The molecule has 2 rings (SSSR count). The molecule has 104 valence electrons. The van der Waals surface area contributed by atoms with Gasteiger partial charge in [0.25, 0.3) is 0 Å². The zero-order chi connectivity index (χ0) is 13.7. The summed E-state index contributed by atoms with van der Waals surface area (Å²) in [5, 5.41) is 0. The molecule has 0 aromatic carbocycles. The number of amides is 1. The van der Waals surface area contributed by atoms with Crippen molar-refractivity contribution in [1.29, 1.82) is 0 Å². The van der Waals surface area contributed by atoms with Crippen molar-refractivity contribution in [2.75, 3.05) is 26.2 Å². The number of aromatic nitrogens is 1. The highest BCUT2D eigenvalue weighted by Gasteiger charge is 2.20. The maximum atomic E-state index is 10.8. The molecule has 1 saturated heterocycles. The van der Waals surface area contributed by atoms with Crippen molar-refractivity contribution < 1.29 is 9.53 Å². The first-order chi connectivity index (χ1) is 9.15. The molecule has 0 aliphatic carbocycles. The number of carbonyl (C=O) groups is 1. The lowest BCUT2D eigenvalue weighted by Gasteiger charge is -2.30. The largest absolute Gasteiger partial charge is 0.477 e. The van der Waals surface area contributed by atoms with E-state index in [1.54, 1.807) is 6.20 Å². The monoisotopic (exact) mass is 263 g/mol. The van der Waals surface area contributed by atoms with Crippen molar-refractivity contribution in [2.24, 2.45) is 11.7 Å². The Morgan fingerprint density at radius 3 is 2.89 bits per heavy atom. The second-order valence-electron chi connectivity index (χ2n) is 5.12. The molecule has 1 aliphatic heterocycles. The van der Waals surface area contributed by atoms with Crippen molar-refractivity contribution in [2.45, 2.75) is 19.8 Å². The third kappa shape index (κ3) is 4.21. The molecule has 2 N–H and O–H groups in total. The molecule has 1 aromatic rings. The number of ether oxygens (including phenoxy) is 1. The Morgan fingerprint density at radius 2 is 2.26 bits per heavy atom. The first kappa shape index (κ1) is 13.8. The smallest absolute Gasteiger partial charge is 0.231 e. The van der Waals surface area contributed by atoms with Crippen LogP contribution in [0.5, 0.6) is 5.88 Å². The molecule has 1 aromatic heterocycles. The van der Waals surface area contributed by atoms with Gasteiger partial charge in [0.1, 0.15) is 0 Å². The van der Waals surface area contributed by atoms with Gasteiger partial charge in [-0.05, 0) is 44.8 Å². The SMILES string of the molecule is Cc1cccnc1OCC1CCN(CC(N)=O)CC1. The molecule has 1 fully saturated rings. The molecule has 0 saturated carbocycles. The van der Waals surface area contributed by atoms with Crippen LogP contribution in [-0.4, -0.2) is 42.0 Å². The fourth-order valence-electron chi connectivity index (χ4n) is 2.35. The summed E-state index contributed by atoms with van der Waals surface area (Å²) in [5.41, 5.74) is 6.26. The van der Waals surface area contributed by atoms with Crippen LogP contribution in [0.2, 0.25) is 0 Å². The first-order valence-corrected chi connectivity index (χ1v) is 6.70. The van der Waals surface area contributed by atoms with E-state index in [0.717, 1.165) is 37.4 Å². The van der Waals surface area contributed by atoms with Crippen LogP contribution in [0, 0.1) is 12.8 Å². The number of aryl methyl sites for hydroxylation is 1. The standard InChI is InChI=1S/C14H21N3O2/c1-11-3-2-6-16-14(11)19-10-12-4-7-17(8-5-12)9-13(15)18/h2-3,6,12H,4-5,7-10H2,1H3,(H2,15,18). The van der Waals surface area contributed by atoms with Gasteiger partial charge in [0.15, 0.2) is 0 Å². The fraction of sp³-hybridized carbons (Fsp3) is 0.571. The number of primary amides is 1. The second kappa shape index (κ2) is 6.52. The summed E-state index contributed by atoms with van der Waals surface area (Å²) in [4.78, 5) is 17.2. The van der Waals surface area contributed by atoms with E-state index in [2.05, 4.69) is 9.88 Å². The van der Waals surface area contributed by atoms with Crippen LogP contribution in [-0.2, 0) is 4.79 Å². The lowest BCUT2D eigenvalue weighted by molar-refractivity contribution is -0.119. The Bertz CT molecular complexity index is 428. The molecule has 0 radical (unpaired) electrons. The van der Waals surface area contributed by atoms with Crippen LogP contribution in [0.15, 0.2) is 18.3 Å². The van der Waals surface area contributed by atoms with E-state index in [0.29, 0.717) is 19.1 Å². The van der Waals surface area contributed by atoms with E-state index in [4.69, 9.17) is 10.5 Å². The maximum absolute atomic E-state index is 10.8. The molecule has 0 unspecified atom stereocenters. The number of nitrogens with zero attached hydrogens (tertiary/aromatic N) is 2. The third-order valence-corrected chi connectivity index (χ3v) is 3.50. The van der Waals surface area contributed by atoms with E-state index < -0.39 is 0 Å². The van der Waals surface area contributed by atoms with Gasteiger partial charge in [0, 0.05) is 11.8 Å². The molecule has 1 aliphatic rings. The Hall–Kier alpha value is -1.62. The van der Waals surface area contributed by atoms with E-state index in [-0.39, 0.29) is 5.91 Å². The average Bonchev–Trinajstić information content (AvgIpc) is 2.39. The Labute approximate surface area is 113 Å². The zero-order valence-electron chi connectivity index (χ0n) is 11.3. The summed E-state index contributed by atoms with van der Waals surface area (Å²) in [6.45, 7) is 4.89. The second-order valence-corrected chi connectivity index (χ2v) is 5.12. The van der Waals surface area contributed by atoms with Gasteiger partial charge in [-0.15, -0.1) is 0 Å². The molecule has 0 spiro atoms. The molecule has 5 heteroatoms. The van der Waals surface area contributed by atoms with E-state index in [9.17, 15) is 4.79 Å². The van der Waals surface area contributed by atoms with Gasteiger partial charge in [-0.1, -0.05) is 6.07 Å². The van der Waals surface area contributed by atoms with Crippen molar-refractivity contribution in [3.63, 3.8) is 0 Å². The summed E-state index contributed by atoms with van der Waals surface area (Å²) < 4.78 is 5.77. The highest BCUT2D eigenvalue weighted by molar-refractivity contribution is 5.75. The van der Waals surface area contributed by atoms with Crippen LogP contribution in [0.1, 0.15) is 18.4 Å². The highest BCUT2D eigenvalue weighted by atomic mass is 16.5. The van der Waals surface area contributed by atoms with Gasteiger partial charge in [-0.3, -0.25) is 9.69 Å². The number of piperidine rings is 1. The Morgan fingerprint density at radius 1 is 1.53 bits per heavy atom. The molecular formula is C14H21N3O2. The summed E-state index contributed by atoms with van der Waals surface area (Å²) in [7, 11) is 0. The lowest BCUT2D eigenvalue weighted by atomic mass is 9.98. The minimum absolute atomic E-state index is 0.251. The van der Waals surface area contributed by atoms with Crippen molar-refractivity contribution >= 4 is 5.91 Å². The summed E-state index contributed by atoms with van der Waals surface area (Å²) >= 11 is 0. The number of carbonyl (C=O) groups excluding carboxylic acids is 1. The minimum atomic E-state index is -0.251. The third-order valence-electron chi connectivity index (χ3n) is 3.50. The summed E-state index contributed by atoms with van der Waals surface area (Å²) in [6, 6.07) is 3.91. The normalized spacial score (nSPS) is 17.3. The molecule has 1 amide bonds. The van der Waals surface area contributed by atoms with Gasteiger partial charge >= 0.3 is 0 Å². The number of hydrogen-bond donors (Lipinski definition) is 1. The number of nitrogens with two attached hydrogens (primary N) is 1. The number of rotatable bonds is 5. The van der Waals surface area contributed by atoms with Gasteiger partial charge in [0.05, 0.1) is 13.2 Å². The highest BCUT2D eigenvalue weighted by Crippen LogP contribution is 2.19. The fourth-order valence-corrected chi connectivity index (χ4v) is 2.35. The topological polar surface area (TPSA) is 68.4 Å².